The molecular weight excluding hydrogens is 362 g/mol. The van der Waals surface area contributed by atoms with Crippen molar-refractivity contribution < 1.29 is 4.79 Å². The maximum absolute atomic E-state index is 12.0. The summed E-state index contributed by atoms with van der Waals surface area (Å²) >= 11 is 6.57. The molecule has 0 saturated heterocycles. The van der Waals surface area contributed by atoms with Crippen LogP contribution in [-0.4, -0.2) is 10.9 Å². The Kier molecular flexibility index (Phi) is 3.98. The van der Waals surface area contributed by atoms with Crippen molar-refractivity contribution in [2.75, 3.05) is 11.1 Å². The molecule has 0 fully saturated rings. The third-order valence-electron chi connectivity index (χ3n) is 2.20. The van der Waals surface area contributed by atoms with Gasteiger partial charge < -0.3 is 11.1 Å². The van der Waals surface area contributed by atoms with E-state index in [1.807, 2.05) is 0 Å². The predicted octanol–water partition coefficient (Wildman–Crippen LogP) is 3.44. The van der Waals surface area contributed by atoms with Crippen LogP contribution < -0.4 is 11.1 Å². The Hall–Kier alpha value is -1.40. The van der Waals surface area contributed by atoms with E-state index in [1.54, 1.807) is 36.5 Å². The number of amides is 1. The van der Waals surface area contributed by atoms with Gasteiger partial charge in [0.2, 0.25) is 0 Å². The van der Waals surface area contributed by atoms with E-state index in [-0.39, 0.29) is 5.91 Å². The van der Waals surface area contributed by atoms with E-state index >= 15 is 0 Å². The highest BCUT2D eigenvalue weighted by Crippen LogP contribution is 2.24. The first-order valence-electron chi connectivity index (χ1n) is 5.04. The highest BCUT2D eigenvalue weighted by Gasteiger charge is 2.09. The lowest BCUT2D eigenvalue weighted by Gasteiger charge is -2.07. The monoisotopic (exact) mass is 369 g/mol. The maximum atomic E-state index is 12.0. The molecule has 1 heterocycles. The van der Waals surface area contributed by atoms with Crippen molar-refractivity contribution in [2.24, 2.45) is 0 Å². The van der Waals surface area contributed by atoms with E-state index in [4.69, 9.17) is 5.73 Å². The van der Waals surface area contributed by atoms with Crippen molar-refractivity contribution in [3.63, 3.8) is 0 Å². The Bertz CT molecular complexity index is 602. The minimum Gasteiger partial charge on any atom is -0.399 e. The van der Waals surface area contributed by atoms with Gasteiger partial charge in [-0.1, -0.05) is 6.07 Å². The van der Waals surface area contributed by atoms with E-state index in [1.165, 1.54) is 0 Å². The predicted molar refractivity (Wildman–Crippen MR) is 78.4 cm³/mol. The summed E-state index contributed by atoms with van der Waals surface area (Å²) in [5.74, 6) is -0.233. The number of pyridine rings is 1. The molecule has 1 amide bonds. The molecule has 0 bridgehead atoms. The Labute approximate surface area is 121 Å². The zero-order chi connectivity index (χ0) is 13.1. The Morgan fingerprint density at radius 2 is 2.06 bits per heavy atom. The molecule has 2 rings (SSSR count). The molecule has 4 nitrogen and oxygen atoms in total. The number of carbonyl (C=O) groups excluding carboxylic acids is 1. The van der Waals surface area contributed by atoms with Gasteiger partial charge in [-0.15, -0.1) is 0 Å². The Morgan fingerprint density at radius 3 is 2.78 bits per heavy atom. The SMILES string of the molecule is Nc1cccc(C(=O)Nc2cc(Br)cnc2Br)c1. The summed E-state index contributed by atoms with van der Waals surface area (Å²) in [6.07, 6.45) is 1.64. The first-order chi connectivity index (χ1) is 8.56. The minimum absolute atomic E-state index is 0.233. The summed E-state index contributed by atoms with van der Waals surface area (Å²) in [7, 11) is 0. The third kappa shape index (κ3) is 3.08. The normalized spacial score (nSPS) is 10.1. The molecule has 0 aliphatic rings. The van der Waals surface area contributed by atoms with Crippen molar-refractivity contribution in [2.45, 2.75) is 0 Å². The fourth-order valence-corrected chi connectivity index (χ4v) is 2.03. The second-order valence-corrected chi connectivity index (χ2v) is 5.24. The average Bonchev–Trinajstić information content (AvgIpc) is 2.34. The van der Waals surface area contributed by atoms with Crippen LogP contribution in [0, 0.1) is 0 Å². The van der Waals surface area contributed by atoms with Crippen LogP contribution in [0.5, 0.6) is 0 Å². The molecule has 92 valence electrons. The number of nitrogens with zero attached hydrogens (tertiary/aromatic N) is 1. The van der Waals surface area contributed by atoms with E-state index in [0.29, 0.717) is 21.5 Å². The van der Waals surface area contributed by atoms with Crippen molar-refractivity contribution >= 4 is 49.1 Å². The van der Waals surface area contributed by atoms with Gasteiger partial charge in [-0.3, -0.25) is 4.79 Å². The molecule has 0 unspecified atom stereocenters. The number of hydrogen-bond acceptors (Lipinski definition) is 3. The van der Waals surface area contributed by atoms with Gasteiger partial charge in [0.1, 0.15) is 4.60 Å². The number of hydrogen-bond donors (Lipinski definition) is 2. The van der Waals surface area contributed by atoms with Gasteiger partial charge >= 0.3 is 0 Å². The number of nitrogens with one attached hydrogen (secondary N) is 1. The standard InChI is InChI=1S/C12H9Br2N3O/c13-8-5-10(11(14)16-6-8)17-12(18)7-2-1-3-9(15)4-7/h1-6H,15H2,(H,17,18). The second-order valence-electron chi connectivity index (χ2n) is 3.57. The zero-order valence-electron chi connectivity index (χ0n) is 9.15. The van der Waals surface area contributed by atoms with Gasteiger partial charge in [0, 0.05) is 21.9 Å². The molecule has 0 radical (unpaired) electrons. The van der Waals surface area contributed by atoms with Crippen LogP contribution in [0.2, 0.25) is 0 Å². The molecule has 3 N–H and O–H groups in total. The number of halogens is 2. The first kappa shape index (κ1) is 13.0. The number of aromatic nitrogens is 1. The van der Waals surface area contributed by atoms with Crippen LogP contribution in [0.25, 0.3) is 0 Å². The Morgan fingerprint density at radius 1 is 1.28 bits per heavy atom. The van der Waals surface area contributed by atoms with Crippen LogP contribution in [0.15, 0.2) is 45.6 Å². The highest BCUT2D eigenvalue weighted by molar-refractivity contribution is 9.11. The quantitative estimate of drug-likeness (QED) is 0.628. The molecular formula is C12H9Br2N3O. The molecule has 0 spiro atoms. The van der Waals surface area contributed by atoms with Crippen molar-refractivity contribution in [3.8, 4) is 0 Å². The fourth-order valence-electron chi connectivity index (χ4n) is 1.38. The third-order valence-corrected chi connectivity index (χ3v) is 3.27. The van der Waals surface area contributed by atoms with Gasteiger partial charge in [0.25, 0.3) is 5.91 Å². The summed E-state index contributed by atoms with van der Waals surface area (Å²) in [5, 5.41) is 2.76. The molecule has 0 saturated carbocycles. The number of benzene rings is 1. The van der Waals surface area contributed by atoms with E-state index in [2.05, 4.69) is 42.2 Å². The average molecular weight is 371 g/mol. The van der Waals surface area contributed by atoms with Crippen LogP contribution in [0.1, 0.15) is 10.4 Å². The van der Waals surface area contributed by atoms with E-state index in [0.717, 1.165) is 4.47 Å². The van der Waals surface area contributed by atoms with Crippen LogP contribution in [-0.2, 0) is 0 Å². The lowest BCUT2D eigenvalue weighted by Crippen LogP contribution is -2.12. The second kappa shape index (κ2) is 5.49. The van der Waals surface area contributed by atoms with E-state index < -0.39 is 0 Å². The molecule has 0 aliphatic heterocycles. The van der Waals surface area contributed by atoms with Crippen molar-refractivity contribution in [3.05, 3.63) is 51.2 Å². The number of anilines is 2. The van der Waals surface area contributed by atoms with Crippen LogP contribution >= 0.6 is 31.9 Å². The number of nitrogen functional groups attached to an aromatic ring is 1. The lowest BCUT2D eigenvalue weighted by atomic mass is 10.2. The molecule has 18 heavy (non-hydrogen) atoms. The summed E-state index contributed by atoms with van der Waals surface area (Å²) in [6, 6.07) is 8.55. The summed E-state index contributed by atoms with van der Waals surface area (Å²) in [5.41, 5.74) is 7.28. The van der Waals surface area contributed by atoms with Gasteiger partial charge in [0.05, 0.1) is 5.69 Å². The summed E-state index contributed by atoms with van der Waals surface area (Å²) in [6.45, 7) is 0. The van der Waals surface area contributed by atoms with Crippen LogP contribution in [0.3, 0.4) is 0 Å². The Balaban J connectivity index is 2.24. The van der Waals surface area contributed by atoms with Crippen LogP contribution in [0.4, 0.5) is 11.4 Å². The molecule has 0 aliphatic carbocycles. The summed E-state index contributed by atoms with van der Waals surface area (Å²) in [4.78, 5) is 16.1. The van der Waals surface area contributed by atoms with Gasteiger partial charge in [-0.05, 0) is 56.1 Å². The fraction of sp³-hybridized carbons (Fsp3) is 0. The largest absolute Gasteiger partial charge is 0.399 e. The van der Waals surface area contributed by atoms with Crippen molar-refractivity contribution in [1.82, 2.24) is 4.98 Å². The topological polar surface area (TPSA) is 68.0 Å². The zero-order valence-corrected chi connectivity index (χ0v) is 12.3. The van der Waals surface area contributed by atoms with Gasteiger partial charge in [0.15, 0.2) is 0 Å². The molecule has 1 aromatic heterocycles. The number of carbonyl (C=O) groups is 1. The van der Waals surface area contributed by atoms with E-state index in [9.17, 15) is 4.79 Å². The minimum atomic E-state index is -0.233. The smallest absolute Gasteiger partial charge is 0.255 e. The number of nitrogens with two attached hydrogens (primary N) is 1. The maximum Gasteiger partial charge on any atom is 0.255 e. The highest BCUT2D eigenvalue weighted by atomic mass is 79.9. The first-order valence-corrected chi connectivity index (χ1v) is 6.63. The molecule has 1 aromatic carbocycles. The summed E-state index contributed by atoms with van der Waals surface area (Å²) < 4.78 is 1.36. The van der Waals surface area contributed by atoms with Gasteiger partial charge in [-0.25, -0.2) is 4.98 Å². The number of rotatable bonds is 2. The van der Waals surface area contributed by atoms with Crippen molar-refractivity contribution in [1.29, 1.82) is 0 Å². The van der Waals surface area contributed by atoms with Gasteiger partial charge in [-0.2, -0.15) is 0 Å². The molecule has 6 heteroatoms. The lowest BCUT2D eigenvalue weighted by molar-refractivity contribution is 0.102. The molecule has 2 aromatic rings. The molecule has 0 atom stereocenters.